The zero-order chi connectivity index (χ0) is 15.7. The van der Waals surface area contributed by atoms with Gasteiger partial charge in [0, 0.05) is 6.04 Å². The summed E-state index contributed by atoms with van der Waals surface area (Å²) >= 11 is 11.7. The Balaban J connectivity index is 2.20. The first kappa shape index (κ1) is 15.8. The van der Waals surface area contributed by atoms with Crippen LogP contribution in [0.1, 0.15) is 41.0 Å². The lowest BCUT2D eigenvalue weighted by Crippen LogP contribution is -2.43. The van der Waals surface area contributed by atoms with Crippen LogP contribution in [0.2, 0.25) is 10.0 Å². The molecule has 1 heterocycles. The third kappa shape index (κ3) is 3.04. The van der Waals surface area contributed by atoms with Gasteiger partial charge >= 0.3 is 0 Å². The normalized spacial score (nSPS) is 15.1. The van der Waals surface area contributed by atoms with Crippen molar-refractivity contribution in [2.75, 3.05) is 6.54 Å². The molecule has 21 heavy (non-hydrogen) atoms. The minimum absolute atomic E-state index is 0.0171. The summed E-state index contributed by atoms with van der Waals surface area (Å²) in [6.45, 7) is 3.46. The van der Waals surface area contributed by atoms with Crippen molar-refractivity contribution in [3.8, 4) is 0 Å². The molecule has 0 fully saturated rings. The van der Waals surface area contributed by atoms with Crippen LogP contribution in [0.3, 0.4) is 0 Å². The van der Waals surface area contributed by atoms with E-state index in [1.165, 1.54) is 12.1 Å². The number of carbonyl (C=O) groups excluding carboxylic acids is 3. The van der Waals surface area contributed by atoms with Crippen molar-refractivity contribution in [3.05, 3.63) is 33.3 Å². The van der Waals surface area contributed by atoms with Gasteiger partial charge in [-0.1, -0.05) is 30.1 Å². The van der Waals surface area contributed by atoms with Crippen LogP contribution < -0.4 is 5.32 Å². The molecule has 0 saturated carbocycles. The molecule has 3 amide bonds. The van der Waals surface area contributed by atoms with Crippen LogP contribution in [-0.2, 0) is 4.79 Å². The zero-order valence-corrected chi connectivity index (χ0v) is 13.1. The van der Waals surface area contributed by atoms with Gasteiger partial charge in [-0.15, -0.1) is 0 Å². The monoisotopic (exact) mass is 328 g/mol. The average molecular weight is 329 g/mol. The number of hydrogen-bond acceptors (Lipinski definition) is 3. The fourth-order valence-electron chi connectivity index (χ4n) is 1.99. The SMILES string of the molecule is CC[C@@H](C)NC(=O)CN1C(=O)c2cc(Cl)c(Cl)cc2C1=O. The van der Waals surface area contributed by atoms with E-state index >= 15 is 0 Å². The third-order valence-electron chi connectivity index (χ3n) is 3.33. The molecule has 0 bridgehead atoms. The molecule has 1 atom stereocenters. The number of rotatable bonds is 4. The molecule has 5 nitrogen and oxygen atoms in total. The number of imide groups is 1. The fraction of sp³-hybridized carbons (Fsp3) is 0.357. The van der Waals surface area contributed by atoms with Gasteiger partial charge in [-0.05, 0) is 25.5 Å². The van der Waals surface area contributed by atoms with Gasteiger partial charge in [0.25, 0.3) is 11.8 Å². The summed E-state index contributed by atoms with van der Waals surface area (Å²) in [4.78, 5) is 37.1. The number of fused-ring (bicyclic) bond motifs is 1. The van der Waals surface area contributed by atoms with E-state index in [-0.39, 0.29) is 39.7 Å². The van der Waals surface area contributed by atoms with E-state index in [4.69, 9.17) is 23.2 Å². The summed E-state index contributed by atoms with van der Waals surface area (Å²) in [6, 6.07) is 2.69. The molecule has 0 aromatic heterocycles. The number of halogens is 2. The molecule has 1 aromatic rings. The fourth-order valence-corrected chi connectivity index (χ4v) is 2.32. The molecule has 0 aliphatic carbocycles. The van der Waals surface area contributed by atoms with Gasteiger partial charge in [0.05, 0.1) is 21.2 Å². The van der Waals surface area contributed by atoms with Crippen LogP contribution in [0, 0.1) is 0 Å². The maximum absolute atomic E-state index is 12.2. The minimum Gasteiger partial charge on any atom is -0.352 e. The molecule has 0 spiro atoms. The molecule has 2 rings (SSSR count). The van der Waals surface area contributed by atoms with E-state index in [0.29, 0.717) is 0 Å². The number of nitrogens with zero attached hydrogens (tertiary/aromatic N) is 1. The Morgan fingerprint density at radius 2 is 1.67 bits per heavy atom. The van der Waals surface area contributed by atoms with E-state index in [9.17, 15) is 14.4 Å². The maximum Gasteiger partial charge on any atom is 0.262 e. The van der Waals surface area contributed by atoms with Crippen LogP contribution >= 0.6 is 23.2 Å². The number of amides is 3. The number of nitrogens with one attached hydrogen (secondary N) is 1. The van der Waals surface area contributed by atoms with Gasteiger partial charge < -0.3 is 5.32 Å². The van der Waals surface area contributed by atoms with Crippen molar-refractivity contribution in [2.45, 2.75) is 26.3 Å². The lowest BCUT2D eigenvalue weighted by molar-refractivity contribution is -0.122. The molecule has 1 aliphatic heterocycles. The minimum atomic E-state index is -0.534. The summed E-state index contributed by atoms with van der Waals surface area (Å²) in [7, 11) is 0. The first-order valence-electron chi connectivity index (χ1n) is 6.49. The van der Waals surface area contributed by atoms with E-state index < -0.39 is 11.8 Å². The highest BCUT2D eigenvalue weighted by atomic mass is 35.5. The van der Waals surface area contributed by atoms with Gasteiger partial charge in [0.15, 0.2) is 0 Å². The first-order chi connectivity index (χ1) is 9.85. The molecule has 0 unspecified atom stereocenters. The van der Waals surface area contributed by atoms with Crippen LogP contribution in [0.25, 0.3) is 0 Å². The summed E-state index contributed by atoms with van der Waals surface area (Å²) in [5, 5.41) is 3.10. The third-order valence-corrected chi connectivity index (χ3v) is 4.06. The predicted octanol–water partition coefficient (Wildman–Crippen LogP) is 2.50. The summed E-state index contributed by atoms with van der Waals surface area (Å²) < 4.78 is 0. The highest BCUT2D eigenvalue weighted by Crippen LogP contribution is 2.31. The quantitative estimate of drug-likeness (QED) is 0.863. The first-order valence-corrected chi connectivity index (χ1v) is 7.25. The van der Waals surface area contributed by atoms with E-state index in [1.54, 1.807) is 0 Å². The van der Waals surface area contributed by atoms with E-state index in [2.05, 4.69) is 5.32 Å². The Kier molecular flexibility index (Phi) is 4.54. The summed E-state index contributed by atoms with van der Waals surface area (Å²) in [5.74, 6) is -1.45. The lowest BCUT2D eigenvalue weighted by atomic mass is 10.1. The lowest BCUT2D eigenvalue weighted by Gasteiger charge is -2.16. The zero-order valence-electron chi connectivity index (χ0n) is 11.6. The Labute approximate surface area is 132 Å². The standard InChI is InChI=1S/C14H14Cl2N2O3/c1-3-7(2)17-12(19)6-18-13(20)8-4-10(15)11(16)5-9(8)14(18)21/h4-5,7H,3,6H2,1-2H3,(H,17,19)/t7-/m1/s1. The van der Waals surface area contributed by atoms with Crippen molar-refractivity contribution < 1.29 is 14.4 Å². The molecule has 7 heteroatoms. The van der Waals surface area contributed by atoms with Crippen LogP contribution in [0.5, 0.6) is 0 Å². The number of carbonyl (C=O) groups is 3. The Morgan fingerprint density at radius 1 is 1.19 bits per heavy atom. The summed E-state index contributed by atoms with van der Waals surface area (Å²) in [6.07, 6.45) is 0.763. The van der Waals surface area contributed by atoms with Gasteiger partial charge in [-0.3, -0.25) is 19.3 Å². The van der Waals surface area contributed by atoms with E-state index in [0.717, 1.165) is 11.3 Å². The van der Waals surface area contributed by atoms with Crippen LogP contribution in [0.15, 0.2) is 12.1 Å². The van der Waals surface area contributed by atoms with Crippen molar-refractivity contribution in [1.82, 2.24) is 10.2 Å². The largest absolute Gasteiger partial charge is 0.352 e. The Bertz CT molecular complexity index is 590. The highest BCUT2D eigenvalue weighted by Gasteiger charge is 2.37. The average Bonchev–Trinajstić information content (AvgIpc) is 2.65. The van der Waals surface area contributed by atoms with Crippen molar-refractivity contribution >= 4 is 40.9 Å². The molecule has 1 aliphatic rings. The number of hydrogen-bond donors (Lipinski definition) is 1. The second-order valence-corrected chi connectivity index (χ2v) is 5.70. The Morgan fingerprint density at radius 3 is 2.10 bits per heavy atom. The number of benzene rings is 1. The van der Waals surface area contributed by atoms with E-state index in [1.807, 2.05) is 13.8 Å². The van der Waals surface area contributed by atoms with Gasteiger partial charge in [0.2, 0.25) is 5.91 Å². The summed E-state index contributed by atoms with van der Waals surface area (Å²) in [5.41, 5.74) is 0.344. The molecule has 112 valence electrons. The topological polar surface area (TPSA) is 66.5 Å². The molecule has 1 aromatic carbocycles. The maximum atomic E-state index is 12.2. The highest BCUT2D eigenvalue weighted by molar-refractivity contribution is 6.43. The second kappa shape index (κ2) is 6.03. The predicted molar refractivity (Wildman–Crippen MR) is 79.7 cm³/mol. The molecule has 0 saturated heterocycles. The van der Waals surface area contributed by atoms with Crippen molar-refractivity contribution in [3.63, 3.8) is 0 Å². The molecular formula is C14H14Cl2N2O3. The smallest absolute Gasteiger partial charge is 0.262 e. The second-order valence-electron chi connectivity index (χ2n) is 4.89. The van der Waals surface area contributed by atoms with Crippen molar-refractivity contribution in [1.29, 1.82) is 0 Å². The van der Waals surface area contributed by atoms with Crippen LogP contribution in [0.4, 0.5) is 0 Å². The van der Waals surface area contributed by atoms with Gasteiger partial charge in [-0.25, -0.2) is 0 Å². The molecule has 1 N–H and O–H groups in total. The van der Waals surface area contributed by atoms with Crippen LogP contribution in [-0.4, -0.2) is 35.2 Å². The van der Waals surface area contributed by atoms with Crippen molar-refractivity contribution in [2.24, 2.45) is 0 Å². The van der Waals surface area contributed by atoms with Gasteiger partial charge in [0.1, 0.15) is 6.54 Å². The molecular weight excluding hydrogens is 315 g/mol. The Hall–Kier alpha value is -1.59. The van der Waals surface area contributed by atoms with Gasteiger partial charge in [-0.2, -0.15) is 0 Å². The molecule has 0 radical (unpaired) electrons.